The fraction of sp³-hybridized carbons (Fsp3) is 0.675. The highest BCUT2D eigenvalue weighted by atomic mass is 16.3. The molecule has 4 rings (SSSR count). The molecule has 15 heteroatoms. The van der Waals surface area contributed by atoms with Gasteiger partial charge in [-0.2, -0.15) is 0 Å². The molecule has 55 heavy (non-hydrogen) atoms. The van der Waals surface area contributed by atoms with Crippen molar-refractivity contribution in [2.75, 3.05) is 19.7 Å². The summed E-state index contributed by atoms with van der Waals surface area (Å²) in [7, 11) is 0. The fourth-order valence-electron chi connectivity index (χ4n) is 7.62. The summed E-state index contributed by atoms with van der Waals surface area (Å²) >= 11 is 0. The number of benzene rings is 1. The van der Waals surface area contributed by atoms with Gasteiger partial charge >= 0.3 is 0 Å². The van der Waals surface area contributed by atoms with Gasteiger partial charge in [0.05, 0.1) is 6.61 Å². The van der Waals surface area contributed by atoms with Crippen LogP contribution in [0.25, 0.3) is 0 Å². The van der Waals surface area contributed by atoms with Crippen molar-refractivity contribution in [1.82, 2.24) is 36.4 Å². The first-order valence-electron chi connectivity index (χ1n) is 20.0. The molecule has 0 radical (unpaired) electrons. The number of nitrogens with one attached hydrogen (secondary N) is 5. The van der Waals surface area contributed by atoms with Crippen molar-refractivity contribution in [2.45, 2.75) is 135 Å². The van der Waals surface area contributed by atoms with Crippen molar-refractivity contribution in [3.63, 3.8) is 0 Å². The molecule has 9 unspecified atom stereocenters. The predicted molar refractivity (Wildman–Crippen MR) is 205 cm³/mol. The zero-order valence-corrected chi connectivity index (χ0v) is 33.1. The molecular weight excluding hydrogens is 706 g/mol. The van der Waals surface area contributed by atoms with Gasteiger partial charge in [0.1, 0.15) is 42.3 Å². The van der Waals surface area contributed by atoms with Crippen LogP contribution in [-0.2, 0) is 40.0 Å². The molecule has 0 aromatic heterocycles. The highest BCUT2D eigenvalue weighted by Gasteiger charge is 2.43. The van der Waals surface area contributed by atoms with E-state index in [0.717, 1.165) is 5.56 Å². The second-order valence-electron chi connectivity index (χ2n) is 15.8. The number of fused-ring (bicyclic) bond motifs is 2. The van der Waals surface area contributed by atoms with Gasteiger partial charge in [0, 0.05) is 19.5 Å². The van der Waals surface area contributed by atoms with E-state index < -0.39 is 96.2 Å². The first kappa shape index (κ1) is 43.2. The molecule has 304 valence electrons. The summed E-state index contributed by atoms with van der Waals surface area (Å²) in [6.07, 6.45) is 3.07. The second kappa shape index (κ2) is 19.9. The van der Waals surface area contributed by atoms with Crippen LogP contribution >= 0.6 is 0 Å². The van der Waals surface area contributed by atoms with Gasteiger partial charge in [0.2, 0.25) is 41.4 Å². The largest absolute Gasteiger partial charge is 0.394 e. The molecule has 7 amide bonds. The zero-order chi connectivity index (χ0) is 40.4. The number of carbonyl (C=O) groups is 7. The van der Waals surface area contributed by atoms with Crippen LogP contribution in [0.4, 0.5) is 0 Å². The Bertz CT molecular complexity index is 1540. The second-order valence-corrected chi connectivity index (χ2v) is 15.8. The van der Waals surface area contributed by atoms with Crippen molar-refractivity contribution < 1.29 is 38.7 Å². The van der Waals surface area contributed by atoms with Crippen LogP contribution < -0.4 is 26.6 Å². The lowest BCUT2D eigenvalue weighted by Crippen LogP contribution is -2.61. The van der Waals surface area contributed by atoms with Gasteiger partial charge in [-0.05, 0) is 55.4 Å². The maximum Gasteiger partial charge on any atom is 0.246 e. The normalized spacial score (nSPS) is 28.9. The van der Waals surface area contributed by atoms with Crippen molar-refractivity contribution in [2.24, 2.45) is 17.8 Å². The smallest absolute Gasteiger partial charge is 0.246 e. The van der Waals surface area contributed by atoms with Crippen LogP contribution in [0.2, 0.25) is 0 Å². The van der Waals surface area contributed by atoms with Gasteiger partial charge in [-0.3, -0.25) is 33.6 Å². The van der Waals surface area contributed by atoms with Gasteiger partial charge in [-0.25, -0.2) is 0 Å². The Morgan fingerprint density at radius 2 is 1.11 bits per heavy atom. The number of amides is 7. The van der Waals surface area contributed by atoms with E-state index in [-0.39, 0.29) is 37.8 Å². The number of hydrogen-bond acceptors (Lipinski definition) is 8. The van der Waals surface area contributed by atoms with Gasteiger partial charge in [-0.15, -0.1) is 0 Å². The number of aliphatic hydroxyl groups excluding tert-OH is 1. The summed E-state index contributed by atoms with van der Waals surface area (Å²) in [6.45, 7) is 10.8. The van der Waals surface area contributed by atoms with E-state index in [4.69, 9.17) is 0 Å². The summed E-state index contributed by atoms with van der Waals surface area (Å²) in [5.74, 6) is -4.89. The predicted octanol–water partition coefficient (Wildman–Crippen LogP) is 0.779. The standard InChI is InChI=1S/C40H61N7O8/c1-7-24(5)32-38(53)43-29(22-48)35(50)45-33(25(6)8-2)40(55)47-19-13-16-30(47)36(51)41-27(20-23(3)4)34(49)42-28(21-26-14-10-9-11-15-26)39(54)46-18-12-17-31(46)37(52)44-32/h9-11,14-15,23-25,27-33,48H,7-8,12-13,16-22H2,1-6H3,(H,41,51)(H,42,49)(H,43,53)(H,44,52)(H,45,50). The SMILES string of the molecule is CCC(C)C1NC(=O)C2CCCN2C(=O)C(Cc2ccccc2)NC(=O)C(CC(C)C)NC(=O)C2CCCN2C(=O)C(C(C)CC)NC(=O)C(CO)NC1=O. The van der Waals surface area contributed by atoms with Crippen molar-refractivity contribution in [3.8, 4) is 0 Å². The van der Waals surface area contributed by atoms with E-state index in [2.05, 4.69) is 26.6 Å². The molecule has 1 aromatic rings. The van der Waals surface area contributed by atoms with Crippen LogP contribution in [0.1, 0.15) is 92.1 Å². The molecule has 3 heterocycles. The van der Waals surface area contributed by atoms with Crippen LogP contribution in [-0.4, -0.2) is 118 Å². The molecule has 0 aliphatic carbocycles. The fourth-order valence-corrected chi connectivity index (χ4v) is 7.62. The first-order chi connectivity index (χ1) is 26.2. The quantitative estimate of drug-likeness (QED) is 0.211. The maximum absolute atomic E-state index is 14.4. The van der Waals surface area contributed by atoms with Gasteiger partial charge in [0.25, 0.3) is 0 Å². The minimum Gasteiger partial charge on any atom is -0.394 e. The molecule has 3 fully saturated rings. The molecule has 6 N–H and O–H groups in total. The van der Waals surface area contributed by atoms with E-state index in [1.807, 2.05) is 58.0 Å². The summed E-state index contributed by atoms with van der Waals surface area (Å²) < 4.78 is 0. The van der Waals surface area contributed by atoms with Crippen LogP contribution in [0.5, 0.6) is 0 Å². The average molecular weight is 768 g/mol. The molecule has 15 nitrogen and oxygen atoms in total. The third kappa shape index (κ3) is 10.8. The Morgan fingerprint density at radius 3 is 1.67 bits per heavy atom. The van der Waals surface area contributed by atoms with Gasteiger partial charge < -0.3 is 41.5 Å². The Hall–Kier alpha value is -4.53. The third-order valence-electron chi connectivity index (χ3n) is 11.3. The summed E-state index contributed by atoms with van der Waals surface area (Å²) in [6, 6.07) is 1.57. The van der Waals surface area contributed by atoms with E-state index in [9.17, 15) is 38.7 Å². The molecule has 3 saturated heterocycles. The van der Waals surface area contributed by atoms with Crippen molar-refractivity contribution in [3.05, 3.63) is 35.9 Å². The highest BCUT2D eigenvalue weighted by molar-refractivity contribution is 5.99. The topological polar surface area (TPSA) is 206 Å². The lowest BCUT2D eigenvalue weighted by molar-refractivity contribution is -0.144. The third-order valence-corrected chi connectivity index (χ3v) is 11.3. The van der Waals surface area contributed by atoms with Crippen molar-refractivity contribution in [1.29, 1.82) is 0 Å². The highest BCUT2D eigenvalue weighted by Crippen LogP contribution is 2.24. The molecule has 0 spiro atoms. The maximum atomic E-state index is 14.4. The Balaban J connectivity index is 1.78. The number of hydrogen-bond donors (Lipinski definition) is 6. The number of aliphatic hydroxyl groups is 1. The number of carbonyl (C=O) groups excluding carboxylic acids is 7. The molecule has 1 aromatic carbocycles. The monoisotopic (exact) mass is 767 g/mol. The molecule has 0 bridgehead atoms. The molecule has 0 saturated carbocycles. The van der Waals surface area contributed by atoms with Gasteiger partial charge in [-0.1, -0.05) is 84.7 Å². The Labute approximate surface area is 324 Å². The van der Waals surface area contributed by atoms with Crippen LogP contribution in [0, 0.1) is 17.8 Å². The minimum atomic E-state index is -1.45. The van der Waals surface area contributed by atoms with Crippen LogP contribution in [0.3, 0.4) is 0 Å². The summed E-state index contributed by atoms with van der Waals surface area (Å²) in [4.78, 5) is 101. The van der Waals surface area contributed by atoms with E-state index in [1.54, 1.807) is 13.8 Å². The summed E-state index contributed by atoms with van der Waals surface area (Å²) in [5.41, 5.74) is 0.780. The van der Waals surface area contributed by atoms with E-state index in [0.29, 0.717) is 38.5 Å². The summed E-state index contributed by atoms with van der Waals surface area (Å²) in [5, 5.41) is 24.2. The van der Waals surface area contributed by atoms with Crippen LogP contribution in [0.15, 0.2) is 30.3 Å². The zero-order valence-electron chi connectivity index (χ0n) is 33.1. The van der Waals surface area contributed by atoms with Crippen molar-refractivity contribution >= 4 is 41.4 Å². The van der Waals surface area contributed by atoms with E-state index in [1.165, 1.54) is 9.80 Å². The molecule has 3 aliphatic rings. The molecular formula is C40H61N7O8. The lowest BCUT2D eigenvalue weighted by atomic mass is 9.96. The lowest BCUT2D eigenvalue weighted by Gasteiger charge is -2.33. The minimum absolute atomic E-state index is 0.0268. The van der Waals surface area contributed by atoms with Gasteiger partial charge in [0.15, 0.2) is 0 Å². The average Bonchev–Trinajstić information content (AvgIpc) is 3.87. The number of rotatable bonds is 9. The van der Waals surface area contributed by atoms with E-state index >= 15 is 0 Å². The Kier molecular flexibility index (Phi) is 15.6. The number of nitrogens with zero attached hydrogens (tertiary/aromatic N) is 2. The first-order valence-corrected chi connectivity index (χ1v) is 20.0. The molecule has 3 aliphatic heterocycles. The Morgan fingerprint density at radius 1 is 0.618 bits per heavy atom. The molecule has 9 atom stereocenters.